The van der Waals surface area contributed by atoms with Gasteiger partial charge in [-0.05, 0) is 13.0 Å². The van der Waals surface area contributed by atoms with Crippen LogP contribution in [-0.2, 0) is 14.8 Å². The smallest absolute Gasteiger partial charge is 0.211 e. The van der Waals surface area contributed by atoms with Crippen LogP contribution in [-0.4, -0.2) is 47.0 Å². The molecule has 0 unspecified atom stereocenters. The first kappa shape index (κ1) is 14.8. The number of rotatable bonds is 9. The number of sulfonamides is 1. The Bertz CT molecular complexity index is 240. The van der Waals surface area contributed by atoms with Gasteiger partial charge in [0.05, 0.1) is 12.4 Å². The summed E-state index contributed by atoms with van der Waals surface area (Å²) in [4.78, 5) is 0. The standard InChI is InChI=1S/C9H22N2O3S/c1-9(2)10-5-4-8-15(12,13)11-6-7-14-3/h9-11H,4-8H2,1-3H3. The van der Waals surface area contributed by atoms with Crippen LogP contribution in [0.1, 0.15) is 20.3 Å². The molecular formula is C9H22N2O3S. The van der Waals surface area contributed by atoms with Crippen LogP contribution in [0.25, 0.3) is 0 Å². The van der Waals surface area contributed by atoms with Gasteiger partial charge < -0.3 is 10.1 Å². The highest BCUT2D eigenvalue weighted by Crippen LogP contribution is 1.89. The summed E-state index contributed by atoms with van der Waals surface area (Å²) in [5, 5.41) is 3.17. The van der Waals surface area contributed by atoms with E-state index in [2.05, 4.69) is 10.0 Å². The van der Waals surface area contributed by atoms with E-state index < -0.39 is 10.0 Å². The fourth-order valence-corrected chi connectivity index (χ4v) is 2.09. The second-order valence-electron chi connectivity index (χ2n) is 3.67. The van der Waals surface area contributed by atoms with Gasteiger partial charge in [-0.2, -0.15) is 0 Å². The lowest BCUT2D eigenvalue weighted by Crippen LogP contribution is -2.31. The molecule has 5 nitrogen and oxygen atoms in total. The molecule has 0 aromatic rings. The van der Waals surface area contributed by atoms with Crippen molar-refractivity contribution in [2.24, 2.45) is 0 Å². The van der Waals surface area contributed by atoms with E-state index in [1.807, 2.05) is 13.8 Å². The zero-order valence-corrected chi connectivity index (χ0v) is 10.6. The minimum absolute atomic E-state index is 0.163. The molecule has 15 heavy (non-hydrogen) atoms. The predicted molar refractivity (Wildman–Crippen MR) is 61.4 cm³/mol. The molecule has 0 radical (unpaired) electrons. The van der Waals surface area contributed by atoms with Crippen molar-refractivity contribution in [1.82, 2.24) is 10.0 Å². The summed E-state index contributed by atoms with van der Waals surface area (Å²) < 4.78 is 29.9. The van der Waals surface area contributed by atoms with Crippen molar-refractivity contribution in [1.29, 1.82) is 0 Å². The number of hydrogen-bond donors (Lipinski definition) is 2. The van der Waals surface area contributed by atoms with Gasteiger partial charge in [-0.15, -0.1) is 0 Å². The summed E-state index contributed by atoms with van der Waals surface area (Å²) in [6.07, 6.45) is 0.625. The van der Waals surface area contributed by atoms with Crippen LogP contribution in [0.4, 0.5) is 0 Å². The lowest BCUT2D eigenvalue weighted by molar-refractivity contribution is 0.204. The van der Waals surface area contributed by atoms with Crippen molar-refractivity contribution in [3.05, 3.63) is 0 Å². The minimum atomic E-state index is -3.12. The van der Waals surface area contributed by atoms with Gasteiger partial charge in [-0.3, -0.25) is 0 Å². The van der Waals surface area contributed by atoms with Gasteiger partial charge >= 0.3 is 0 Å². The molecule has 0 fully saturated rings. The first-order valence-corrected chi connectivity index (χ1v) is 6.83. The van der Waals surface area contributed by atoms with Gasteiger partial charge in [0, 0.05) is 19.7 Å². The second kappa shape index (κ2) is 8.04. The molecule has 0 amide bonds. The van der Waals surface area contributed by atoms with Crippen LogP contribution >= 0.6 is 0 Å². The molecule has 0 saturated carbocycles. The second-order valence-corrected chi connectivity index (χ2v) is 5.59. The lowest BCUT2D eigenvalue weighted by atomic mass is 10.4. The van der Waals surface area contributed by atoms with Gasteiger partial charge in [-0.25, -0.2) is 13.1 Å². The van der Waals surface area contributed by atoms with E-state index in [9.17, 15) is 8.42 Å². The highest BCUT2D eigenvalue weighted by Gasteiger charge is 2.08. The van der Waals surface area contributed by atoms with Crippen molar-refractivity contribution >= 4 is 10.0 Å². The lowest BCUT2D eigenvalue weighted by Gasteiger charge is -2.08. The number of methoxy groups -OCH3 is 1. The van der Waals surface area contributed by atoms with E-state index >= 15 is 0 Å². The highest BCUT2D eigenvalue weighted by molar-refractivity contribution is 7.89. The summed E-state index contributed by atoms with van der Waals surface area (Å²) in [6, 6.07) is 0.397. The Morgan fingerprint density at radius 1 is 1.27 bits per heavy atom. The number of ether oxygens (including phenoxy) is 1. The van der Waals surface area contributed by atoms with Crippen molar-refractivity contribution < 1.29 is 13.2 Å². The van der Waals surface area contributed by atoms with Crippen LogP contribution in [0.3, 0.4) is 0 Å². The molecular weight excluding hydrogens is 216 g/mol. The van der Waals surface area contributed by atoms with Crippen LogP contribution in [0.5, 0.6) is 0 Å². The molecule has 0 rings (SSSR count). The average molecular weight is 238 g/mol. The third-order valence-electron chi connectivity index (χ3n) is 1.77. The molecule has 0 aromatic carbocycles. The first-order chi connectivity index (χ1) is 6.98. The summed E-state index contributed by atoms with van der Waals surface area (Å²) in [7, 11) is -1.58. The number of hydrogen-bond acceptors (Lipinski definition) is 4. The van der Waals surface area contributed by atoms with Crippen LogP contribution in [0.15, 0.2) is 0 Å². The third kappa shape index (κ3) is 10.1. The van der Waals surface area contributed by atoms with E-state index in [4.69, 9.17) is 4.74 Å². The fourth-order valence-electron chi connectivity index (χ4n) is 1.02. The zero-order chi connectivity index (χ0) is 11.7. The first-order valence-electron chi connectivity index (χ1n) is 5.17. The largest absolute Gasteiger partial charge is 0.383 e. The molecule has 0 saturated heterocycles. The van der Waals surface area contributed by atoms with Gasteiger partial charge in [0.1, 0.15) is 0 Å². The maximum Gasteiger partial charge on any atom is 0.211 e. The number of nitrogens with one attached hydrogen (secondary N) is 2. The Morgan fingerprint density at radius 2 is 1.93 bits per heavy atom. The SMILES string of the molecule is COCCNS(=O)(=O)CCCNC(C)C. The normalized spacial score (nSPS) is 12.3. The molecule has 0 atom stereocenters. The van der Waals surface area contributed by atoms with E-state index in [1.165, 1.54) is 0 Å². The monoisotopic (exact) mass is 238 g/mol. The van der Waals surface area contributed by atoms with E-state index in [-0.39, 0.29) is 5.75 Å². The molecule has 0 aromatic heterocycles. The van der Waals surface area contributed by atoms with E-state index in [1.54, 1.807) is 7.11 Å². The molecule has 92 valence electrons. The Kier molecular flexibility index (Phi) is 7.95. The topological polar surface area (TPSA) is 67.4 Å². The van der Waals surface area contributed by atoms with Crippen molar-refractivity contribution in [3.63, 3.8) is 0 Å². The molecule has 0 heterocycles. The van der Waals surface area contributed by atoms with Crippen LogP contribution in [0, 0.1) is 0 Å². The predicted octanol–water partition coefficient (Wildman–Crippen LogP) is -0.0597. The molecule has 0 bridgehead atoms. The van der Waals surface area contributed by atoms with Crippen LogP contribution in [0.2, 0.25) is 0 Å². The van der Waals surface area contributed by atoms with E-state index in [0.717, 1.165) is 6.54 Å². The Morgan fingerprint density at radius 3 is 2.47 bits per heavy atom. The average Bonchev–Trinajstić information content (AvgIpc) is 2.13. The Hall–Kier alpha value is -0.170. The summed E-state index contributed by atoms with van der Waals surface area (Å²) in [5.41, 5.74) is 0. The zero-order valence-electron chi connectivity index (χ0n) is 9.75. The Balaban J connectivity index is 3.56. The van der Waals surface area contributed by atoms with Gasteiger partial charge in [0.15, 0.2) is 0 Å². The minimum Gasteiger partial charge on any atom is -0.383 e. The molecule has 0 aliphatic heterocycles. The summed E-state index contributed by atoms with van der Waals surface area (Å²) >= 11 is 0. The fraction of sp³-hybridized carbons (Fsp3) is 1.00. The molecule has 2 N–H and O–H groups in total. The van der Waals surface area contributed by atoms with Crippen molar-refractivity contribution in [2.75, 3.05) is 32.6 Å². The van der Waals surface area contributed by atoms with Crippen LogP contribution < -0.4 is 10.0 Å². The van der Waals surface area contributed by atoms with Gasteiger partial charge in [-0.1, -0.05) is 13.8 Å². The third-order valence-corrected chi connectivity index (χ3v) is 3.24. The maximum absolute atomic E-state index is 11.4. The van der Waals surface area contributed by atoms with Gasteiger partial charge in [0.2, 0.25) is 10.0 Å². The molecule has 0 aliphatic rings. The van der Waals surface area contributed by atoms with Crippen molar-refractivity contribution in [3.8, 4) is 0 Å². The quantitative estimate of drug-likeness (QED) is 0.552. The molecule has 0 spiro atoms. The highest BCUT2D eigenvalue weighted by atomic mass is 32.2. The Labute approximate surface area is 92.6 Å². The van der Waals surface area contributed by atoms with Gasteiger partial charge in [0.25, 0.3) is 0 Å². The summed E-state index contributed by atoms with van der Waals surface area (Å²) in [5.74, 6) is 0.163. The summed E-state index contributed by atoms with van der Waals surface area (Å²) in [6.45, 7) is 5.54. The maximum atomic E-state index is 11.4. The van der Waals surface area contributed by atoms with Crippen molar-refractivity contribution in [2.45, 2.75) is 26.3 Å². The van der Waals surface area contributed by atoms with E-state index in [0.29, 0.717) is 25.6 Å². The molecule has 6 heteroatoms. The molecule has 0 aliphatic carbocycles.